The number of carbonyl (C=O) groups is 1. The number of nitrogens with one attached hydrogen (secondary N) is 1. The van der Waals surface area contributed by atoms with E-state index in [9.17, 15) is 4.79 Å². The van der Waals surface area contributed by atoms with Gasteiger partial charge in [0.2, 0.25) is 5.91 Å². The predicted molar refractivity (Wildman–Crippen MR) is 39.2 cm³/mol. The number of amides is 1. The van der Waals surface area contributed by atoms with E-state index in [2.05, 4.69) is 5.32 Å². The molecule has 2 nitrogen and oxygen atoms in total. The molecule has 3 heteroatoms. The molecule has 1 atom stereocenters. The van der Waals surface area contributed by atoms with Crippen LogP contribution in [-0.2, 0) is 4.79 Å². The molecule has 1 rings (SSSR count). The van der Waals surface area contributed by atoms with Crippen molar-refractivity contribution in [3.63, 3.8) is 0 Å². The van der Waals surface area contributed by atoms with E-state index in [1.54, 1.807) is 11.8 Å². The molecule has 1 amide bonds. The van der Waals surface area contributed by atoms with Crippen molar-refractivity contribution < 1.29 is 4.79 Å². The minimum Gasteiger partial charge on any atom is -0.352 e. The standard InChI is InChI=1S/C6H9NOS/c1-5-6(8)7-3-2-4-9-5/h2,4-5H,3H2,1H3,(H,7,8). The summed E-state index contributed by atoms with van der Waals surface area (Å²) in [6.45, 7) is 2.58. The lowest BCUT2D eigenvalue weighted by molar-refractivity contribution is -0.120. The molecule has 0 fully saturated rings. The summed E-state index contributed by atoms with van der Waals surface area (Å²) in [5.41, 5.74) is 0. The minimum absolute atomic E-state index is 0.0729. The van der Waals surface area contributed by atoms with Crippen molar-refractivity contribution >= 4 is 17.7 Å². The molecule has 0 aromatic carbocycles. The van der Waals surface area contributed by atoms with Gasteiger partial charge < -0.3 is 5.32 Å². The van der Waals surface area contributed by atoms with Crippen molar-refractivity contribution in [2.75, 3.05) is 6.54 Å². The topological polar surface area (TPSA) is 29.1 Å². The van der Waals surface area contributed by atoms with Crippen LogP contribution in [0.25, 0.3) is 0 Å². The van der Waals surface area contributed by atoms with Gasteiger partial charge in [0.25, 0.3) is 0 Å². The first-order valence-electron chi connectivity index (χ1n) is 2.89. The van der Waals surface area contributed by atoms with Crippen LogP contribution in [-0.4, -0.2) is 17.7 Å². The fourth-order valence-electron chi connectivity index (χ4n) is 0.587. The molecule has 1 heterocycles. The van der Waals surface area contributed by atoms with Gasteiger partial charge in [0, 0.05) is 6.54 Å². The van der Waals surface area contributed by atoms with Crippen LogP contribution in [0, 0.1) is 0 Å². The first kappa shape index (κ1) is 6.68. The summed E-state index contributed by atoms with van der Waals surface area (Å²) in [5, 5.41) is 4.78. The Hall–Kier alpha value is -0.440. The molecule has 1 unspecified atom stereocenters. The van der Waals surface area contributed by atoms with Crippen LogP contribution in [0.1, 0.15) is 6.92 Å². The second-order valence-electron chi connectivity index (χ2n) is 1.90. The zero-order chi connectivity index (χ0) is 6.69. The Morgan fingerprint density at radius 3 is 3.44 bits per heavy atom. The van der Waals surface area contributed by atoms with E-state index in [4.69, 9.17) is 0 Å². The van der Waals surface area contributed by atoms with E-state index < -0.39 is 0 Å². The molecule has 0 radical (unpaired) electrons. The van der Waals surface area contributed by atoms with Gasteiger partial charge in [0.1, 0.15) is 0 Å². The van der Waals surface area contributed by atoms with Gasteiger partial charge in [-0.1, -0.05) is 6.08 Å². The first-order valence-corrected chi connectivity index (χ1v) is 3.83. The second-order valence-corrected chi connectivity index (χ2v) is 3.15. The van der Waals surface area contributed by atoms with Crippen molar-refractivity contribution in [2.24, 2.45) is 0 Å². The Morgan fingerprint density at radius 2 is 2.67 bits per heavy atom. The van der Waals surface area contributed by atoms with Crippen LogP contribution >= 0.6 is 11.8 Å². The lowest BCUT2D eigenvalue weighted by atomic mass is 10.4. The van der Waals surface area contributed by atoms with Crippen molar-refractivity contribution in [1.29, 1.82) is 0 Å². The Labute approximate surface area is 58.7 Å². The number of rotatable bonds is 0. The summed E-state index contributed by atoms with van der Waals surface area (Å²) >= 11 is 1.55. The molecule has 1 aliphatic rings. The van der Waals surface area contributed by atoms with Gasteiger partial charge in [-0.15, -0.1) is 11.8 Å². The average Bonchev–Trinajstić information content (AvgIpc) is 1.99. The monoisotopic (exact) mass is 143 g/mol. The van der Waals surface area contributed by atoms with Crippen molar-refractivity contribution in [3.05, 3.63) is 11.5 Å². The molecule has 0 aromatic rings. The third-order valence-corrected chi connectivity index (χ3v) is 2.11. The molecule has 0 saturated carbocycles. The highest BCUT2D eigenvalue weighted by Gasteiger charge is 2.11. The summed E-state index contributed by atoms with van der Waals surface area (Å²) in [6, 6.07) is 0. The van der Waals surface area contributed by atoms with E-state index in [0.29, 0.717) is 6.54 Å². The van der Waals surface area contributed by atoms with Crippen LogP contribution in [0.3, 0.4) is 0 Å². The predicted octanol–water partition coefficient (Wildman–Crippen LogP) is 0.752. The van der Waals surface area contributed by atoms with E-state index in [1.807, 2.05) is 18.4 Å². The summed E-state index contributed by atoms with van der Waals surface area (Å²) in [4.78, 5) is 10.8. The second kappa shape index (κ2) is 2.92. The quantitative estimate of drug-likeness (QED) is 0.542. The summed E-state index contributed by atoms with van der Waals surface area (Å²) in [6.07, 6.45) is 1.95. The summed E-state index contributed by atoms with van der Waals surface area (Å²) in [7, 11) is 0. The maximum Gasteiger partial charge on any atom is 0.233 e. The van der Waals surface area contributed by atoms with Gasteiger partial charge in [-0.3, -0.25) is 4.79 Å². The molecule has 0 bridgehead atoms. The van der Waals surface area contributed by atoms with Crippen LogP contribution in [0.2, 0.25) is 0 Å². The normalized spacial score (nSPS) is 27.2. The third-order valence-electron chi connectivity index (χ3n) is 1.14. The van der Waals surface area contributed by atoms with Crippen LogP contribution < -0.4 is 5.32 Å². The van der Waals surface area contributed by atoms with Crippen LogP contribution in [0.5, 0.6) is 0 Å². The van der Waals surface area contributed by atoms with E-state index in [1.165, 1.54) is 0 Å². The molecule has 9 heavy (non-hydrogen) atoms. The SMILES string of the molecule is CC1SC=CCNC1=O. The lowest BCUT2D eigenvalue weighted by Crippen LogP contribution is -2.29. The number of hydrogen-bond donors (Lipinski definition) is 1. The molecular formula is C6H9NOS. The van der Waals surface area contributed by atoms with Gasteiger partial charge >= 0.3 is 0 Å². The molecule has 0 aromatic heterocycles. The highest BCUT2D eigenvalue weighted by atomic mass is 32.2. The lowest BCUT2D eigenvalue weighted by Gasteiger charge is -2.03. The van der Waals surface area contributed by atoms with Gasteiger partial charge in [-0.05, 0) is 12.3 Å². The van der Waals surface area contributed by atoms with Crippen LogP contribution in [0.4, 0.5) is 0 Å². The maximum atomic E-state index is 10.8. The molecule has 50 valence electrons. The zero-order valence-corrected chi connectivity index (χ0v) is 6.07. The Bertz CT molecular complexity index is 144. The fraction of sp³-hybridized carbons (Fsp3) is 0.500. The third kappa shape index (κ3) is 1.75. The summed E-state index contributed by atoms with van der Waals surface area (Å²) in [5.74, 6) is 0.130. The fourth-order valence-corrected chi connectivity index (χ4v) is 1.24. The Morgan fingerprint density at radius 1 is 1.89 bits per heavy atom. The van der Waals surface area contributed by atoms with Crippen LogP contribution in [0.15, 0.2) is 11.5 Å². The molecule has 1 N–H and O–H groups in total. The number of thioether (sulfide) groups is 1. The van der Waals surface area contributed by atoms with Crippen molar-refractivity contribution in [2.45, 2.75) is 12.2 Å². The largest absolute Gasteiger partial charge is 0.352 e. The number of hydrogen-bond acceptors (Lipinski definition) is 2. The van der Waals surface area contributed by atoms with E-state index in [-0.39, 0.29) is 11.2 Å². The smallest absolute Gasteiger partial charge is 0.233 e. The summed E-state index contributed by atoms with van der Waals surface area (Å²) < 4.78 is 0. The molecular weight excluding hydrogens is 134 g/mol. The highest BCUT2D eigenvalue weighted by Crippen LogP contribution is 2.12. The Balaban J connectivity index is 2.52. The Kier molecular flexibility index (Phi) is 2.16. The van der Waals surface area contributed by atoms with E-state index in [0.717, 1.165) is 0 Å². The molecule has 0 aliphatic carbocycles. The zero-order valence-electron chi connectivity index (χ0n) is 5.26. The molecule has 1 aliphatic heterocycles. The van der Waals surface area contributed by atoms with Gasteiger partial charge in [0.15, 0.2) is 0 Å². The van der Waals surface area contributed by atoms with Crippen molar-refractivity contribution in [1.82, 2.24) is 5.32 Å². The minimum atomic E-state index is 0.0729. The average molecular weight is 143 g/mol. The van der Waals surface area contributed by atoms with Gasteiger partial charge in [-0.2, -0.15) is 0 Å². The number of carbonyl (C=O) groups excluding carboxylic acids is 1. The highest BCUT2D eigenvalue weighted by molar-refractivity contribution is 8.03. The van der Waals surface area contributed by atoms with Gasteiger partial charge in [0.05, 0.1) is 5.25 Å². The van der Waals surface area contributed by atoms with E-state index >= 15 is 0 Å². The van der Waals surface area contributed by atoms with Gasteiger partial charge in [-0.25, -0.2) is 0 Å². The maximum absolute atomic E-state index is 10.8. The first-order chi connectivity index (χ1) is 4.30. The molecule has 0 saturated heterocycles. The van der Waals surface area contributed by atoms with Crippen molar-refractivity contribution in [3.8, 4) is 0 Å². The molecule has 0 spiro atoms.